The van der Waals surface area contributed by atoms with Gasteiger partial charge in [0.1, 0.15) is 5.75 Å². The Kier molecular flexibility index (Phi) is 5.49. The Bertz CT molecular complexity index is 654. The molecule has 0 aliphatic carbocycles. The first-order valence-corrected chi connectivity index (χ1v) is 8.35. The molecule has 1 saturated heterocycles. The summed E-state index contributed by atoms with van der Waals surface area (Å²) in [7, 11) is 1.62. The fourth-order valence-electron chi connectivity index (χ4n) is 2.97. The number of benzene rings is 2. The normalized spacial score (nSPS) is 17.5. The molecule has 0 radical (unpaired) electrons. The van der Waals surface area contributed by atoms with Gasteiger partial charge in [0, 0.05) is 18.7 Å². The van der Waals surface area contributed by atoms with E-state index in [1.165, 1.54) is 5.56 Å². The molecule has 1 amide bonds. The van der Waals surface area contributed by atoms with Crippen LogP contribution in [0, 0.1) is 0 Å². The third-order valence-corrected chi connectivity index (χ3v) is 4.36. The molecule has 4 heteroatoms. The molecule has 0 aromatic heterocycles. The smallest absolute Gasteiger partial charge is 0.254 e. The van der Waals surface area contributed by atoms with Crippen molar-refractivity contribution >= 4 is 5.91 Å². The fraction of sp³-hybridized carbons (Fsp3) is 0.350. The first-order valence-electron chi connectivity index (χ1n) is 8.35. The molecule has 0 unspecified atom stereocenters. The maximum atomic E-state index is 12.6. The van der Waals surface area contributed by atoms with E-state index >= 15 is 0 Å². The molecule has 0 N–H and O–H groups in total. The molecule has 0 saturated carbocycles. The van der Waals surface area contributed by atoms with E-state index in [4.69, 9.17) is 9.47 Å². The predicted molar refractivity (Wildman–Crippen MR) is 93.4 cm³/mol. The van der Waals surface area contributed by atoms with Crippen LogP contribution in [-0.4, -0.2) is 43.7 Å². The summed E-state index contributed by atoms with van der Waals surface area (Å²) in [5.74, 6) is 0.819. The number of nitrogens with zero attached hydrogens (tertiary/aromatic N) is 1. The molecule has 1 aliphatic heterocycles. The quantitative estimate of drug-likeness (QED) is 0.847. The lowest BCUT2D eigenvalue weighted by Gasteiger charge is -2.33. The van der Waals surface area contributed by atoms with Crippen molar-refractivity contribution in [2.45, 2.75) is 18.9 Å². The van der Waals surface area contributed by atoms with Crippen molar-refractivity contribution in [1.82, 2.24) is 4.90 Å². The molecular formula is C20H23NO3. The van der Waals surface area contributed by atoms with Gasteiger partial charge in [-0.25, -0.2) is 0 Å². The van der Waals surface area contributed by atoms with Gasteiger partial charge in [-0.15, -0.1) is 0 Å². The highest BCUT2D eigenvalue weighted by Crippen LogP contribution is 2.17. The summed E-state index contributed by atoms with van der Waals surface area (Å²) in [6.07, 6.45) is 1.99. The summed E-state index contributed by atoms with van der Waals surface area (Å²) in [6, 6.07) is 17.7. The van der Waals surface area contributed by atoms with Crippen LogP contribution in [0.3, 0.4) is 0 Å². The molecule has 2 aromatic rings. The number of carbonyl (C=O) groups is 1. The van der Waals surface area contributed by atoms with Crippen LogP contribution in [-0.2, 0) is 11.2 Å². The number of aryl methyl sites for hydroxylation is 1. The highest BCUT2D eigenvalue weighted by molar-refractivity contribution is 5.94. The zero-order chi connectivity index (χ0) is 16.8. The van der Waals surface area contributed by atoms with Crippen molar-refractivity contribution in [2.24, 2.45) is 0 Å². The van der Waals surface area contributed by atoms with Crippen LogP contribution in [0.25, 0.3) is 0 Å². The number of hydrogen-bond donors (Lipinski definition) is 0. The molecule has 1 aliphatic rings. The molecular weight excluding hydrogens is 302 g/mol. The van der Waals surface area contributed by atoms with Crippen molar-refractivity contribution in [3.63, 3.8) is 0 Å². The average Bonchev–Trinajstić information content (AvgIpc) is 2.67. The van der Waals surface area contributed by atoms with Crippen LogP contribution in [0.1, 0.15) is 22.3 Å². The van der Waals surface area contributed by atoms with E-state index in [1.807, 2.05) is 35.2 Å². The van der Waals surface area contributed by atoms with E-state index in [0.29, 0.717) is 25.3 Å². The van der Waals surface area contributed by atoms with Gasteiger partial charge in [0.25, 0.3) is 5.91 Å². The first-order chi connectivity index (χ1) is 11.8. The minimum absolute atomic E-state index is 0.0608. The van der Waals surface area contributed by atoms with E-state index in [0.717, 1.165) is 18.6 Å². The summed E-state index contributed by atoms with van der Waals surface area (Å²) in [6.45, 7) is 1.89. The van der Waals surface area contributed by atoms with Gasteiger partial charge in [-0.3, -0.25) is 4.79 Å². The Balaban J connectivity index is 1.57. The minimum Gasteiger partial charge on any atom is -0.497 e. The minimum atomic E-state index is 0.0608. The van der Waals surface area contributed by atoms with Gasteiger partial charge in [0.2, 0.25) is 0 Å². The standard InChI is InChI=1S/C20H23NO3/c1-23-18-11-8-17(9-12-18)20(22)21-13-14-24-19(15-21)10-7-16-5-3-2-4-6-16/h2-6,8-9,11-12,19H,7,10,13-15H2,1H3/t19-/m1/s1. The molecule has 4 nitrogen and oxygen atoms in total. The molecule has 2 aromatic carbocycles. The predicted octanol–water partition coefficient (Wildman–Crippen LogP) is 3.17. The van der Waals surface area contributed by atoms with Crippen molar-refractivity contribution in [3.05, 3.63) is 65.7 Å². The molecule has 3 rings (SSSR count). The maximum absolute atomic E-state index is 12.6. The molecule has 0 bridgehead atoms. The van der Waals surface area contributed by atoms with Crippen molar-refractivity contribution in [2.75, 3.05) is 26.8 Å². The second kappa shape index (κ2) is 7.97. The summed E-state index contributed by atoms with van der Waals surface area (Å²) in [4.78, 5) is 14.5. The number of hydrogen-bond acceptors (Lipinski definition) is 3. The van der Waals surface area contributed by atoms with Crippen LogP contribution in [0.5, 0.6) is 5.75 Å². The Labute approximate surface area is 143 Å². The summed E-state index contributed by atoms with van der Waals surface area (Å²) < 4.78 is 11.0. The number of rotatable bonds is 5. The molecule has 0 spiro atoms. The third-order valence-electron chi connectivity index (χ3n) is 4.36. The molecule has 1 atom stereocenters. The van der Waals surface area contributed by atoms with Crippen molar-refractivity contribution in [1.29, 1.82) is 0 Å². The van der Waals surface area contributed by atoms with Crippen LogP contribution >= 0.6 is 0 Å². The monoisotopic (exact) mass is 325 g/mol. The van der Waals surface area contributed by atoms with Crippen LogP contribution in [0.15, 0.2) is 54.6 Å². The zero-order valence-electron chi connectivity index (χ0n) is 14.0. The Morgan fingerprint density at radius 1 is 1.17 bits per heavy atom. The SMILES string of the molecule is COc1ccc(C(=O)N2CCO[C@H](CCc3ccccc3)C2)cc1. The number of carbonyl (C=O) groups excluding carboxylic acids is 1. The van der Waals surface area contributed by atoms with Crippen LogP contribution in [0.2, 0.25) is 0 Å². The molecule has 24 heavy (non-hydrogen) atoms. The lowest BCUT2D eigenvalue weighted by molar-refractivity contribution is -0.0246. The van der Waals surface area contributed by atoms with Gasteiger partial charge in [0.05, 0.1) is 19.8 Å². The summed E-state index contributed by atoms with van der Waals surface area (Å²) >= 11 is 0. The fourth-order valence-corrected chi connectivity index (χ4v) is 2.97. The van der Waals surface area contributed by atoms with Gasteiger partial charge in [-0.05, 0) is 42.7 Å². The zero-order valence-corrected chi connectivity index (χ0v) is 14.0. The number of morpholine rings is 1. The van der Waals surface area contributed by atoms with Gasteiger partial charge in [0.15, 0.2) is 0 Å². The van der Waals surface area contributed by atoms with E-state index < -0.39 is 0 Å². The second-order valence-corrected chi connectivity index (χ2v) is 6.00. The van der Waals surface area contributed by atoms with Crippen molar-refractivity contribution in [3.8, 4) is 5.75 Å². The van der Waals surface area contributed by atoms with Crippen LogP contribution < -0.4 is 4.74 Å². The van der Waals surface area contributed by atoms with Gasteiger partial charge < -0.3 is 14.4 Å². The van der Waals surface area contributed by atoms with Gasteiger partial charge in [-0.1, -0.05) is 30.3 Å². The Morgan fingerprint density at radius 3 is 2.62 bits per heavy atom. The largest absolute Gasteiger partial charge is 0.497 e. The number of methoxy groups -OCH3 is 1. The molecule has 1 fully saturated rings. The highest BCUT2D eigenvalue weighted by Gasteiger charge is 2.24. The van der Waals surface area contributed by atoms with E-state index in [-0.39, 0.29) is 12.0 Å². The van der Waals surface area contributed by atoms with Gasteiger partial charge >= 0.3 is 0 Å². The van der Waals surface area contributed by atoms with E-state index in [2.05, 4.69) is 24.3 Å². The highest BCUT2D eigenvalue weighted by atomic mass is 16.5. The Morgan fingerprint density at radius 2 is 1.92 bits per heavy atom. The summed E-state index contributed by atoms with van der Waals surface area (Å²) in [5, 5.41) is 0. The summed E-state index contributed by atoms with van der Waals surface area (Å²) in [5.41, 5.74) is 2.00. The first kappa shape index (κ1) is 16.5. The second-order valence-electron chi connectivity index (χ2n) is 6.00. The van der Waals surface area contributed by atoms with Crippen molar-refractivity contribution < 1.29 is 14.3 Å². The number of ether oxygens (including phenoxy) is 2. The third kappa shape index (κ3) is 4.15. The lowest BCUT2D eigenvalue weighted by atomic mass is 10.1. The number of amides is 1. The van der Waals surface area contributed by atoms with E-state index in [9.17, 15) is 4.79 Å². The average molecular weight is 325 g/mol. The van der Waals surface area contributed by atoms with Crippen LogP contribution in [0.4, 0.5) is 0 Å². The molecule has 1 heterocycles. The lowest BCUT2D eigenvalue weighted by Crippen LogP contribution is -2.45. The Hall–Kier alpha value is -2.33. The van der Waals surface area contributed by atoms with Gasteiger partial charge in [-0.2, -0.15) is 0 Å². The molecule has 126 valence electrons. The maximum Gasteiger partial charge on any atom is 0.254 e. The topological polar surface area (TPSA) is 38.8 Å². The van der Waals surface area contributed by atoms with E-state index in [1.54, 1.807) is 7.11 Å².